The summed E-state index contributed by atoms with van der Waals surface area (Å²) in [6.07, 6.45) is 0.0866. The molecule has 0 saturated carbocycles. The largest absolute Gasteiger partial charge is 1.00 e. The van der Waals surface area contributed by atoms with Crippen molar-refractivity contribution >= 4 is 11.9 Å². The fraction of sp³-hybridized carbons (Fsp3) is 0.600. The normalized spacial score (nSPS) is 7.27. The molecule has 0 bridgehead atoms. The molecule has 0 atom stereocenters. The Balaban J connectivity index is -0.0000000533. The third kappa shape index (κ3) is 18.9. The predicted octanol–water partition coefficient (Wildman–Crippen LogP) is -5.44. The summed E-state index contributed by atoms with van der Waals surface area (Å²) in [5.41, 5.74) is 0. The zero-order chi connectivity index (χ0) is 7.28. The molecule has 0 unspecified atom stereocenters. The molecule has 6 heteroatoms. The minimum Gasteiger partial charge on any atom is -1.00 e. The van der Waals surface area contributed by atoms with Gasteiger partial charge in [-0.15, -0.1) is 0 Å². The molecule has 0 heterocycles. The van der Waals surface area contributed by atoms with Gasteiger partial charge >= 0.3 is 115 Å². The van der Waals surface area contributed by atoms with E-state index < -0.39 is 11.9 Å². The third-order valence-electron chi connectivity index (χ3n) is 0.781. The number of aliphatic carboxylic acids is 2. The first-order chi connectivity index (χ1) is 4.13. The van der Waals surface area contributed by atoms with Gasteiger partial charge in [0.25, 0.3) is 0 Å². The second kappa shape index (κ2) is 12.2. The van der Waals surface area contributed by atoms with Crippen LogP contribution in [-0.2, 0) is 9.59 Å². The number of carboxylic acids is 2. The average Bonchev–Trinajstić information content (AvgIpc) is 1.63. The summed E-state index contributed by atoms with van der Waals surface area (Å²) in [5.74, 6) is -1.90. The molecule has 0 amide bonds. The van der Waals surface area contributed by atoms with Crippen molar-refractivity contribution < 1.29 is 125 Å². The standard InChI is InChI=1S/C5H8O4.2K.2H/c6-4(7)2-1-3-5(8)9;;;;/h1-3H2,(H,6,7)(H,8,9);;;;/q;2*+1;2*-1. The molecular formula is C5H10K2O4. The van der Waals surface area contributed by atoms with Gasteiger partial charge in [-0.05, 0) is 6.42 Å². The summed E-state index contributed by atoms with van der Waals surface area (Å²) < 4.78 is 0. The van der Waals surface area contributed by atoms with Crippen LogP contribution in [0.15, 0.2) is 0 Å². The second-order valence-corrected chi connectivity index (χ2v) is 1.64. The van der Waals surface area contributed by atoms with Gasteiger partial charge < -0.3 is 13.1 Å². The number of hydrogen-bond donors (Lipinski definition) is 2. The molecule has 0 aromatic heterocycles. The van der Waals surface area contributed by atoms with Crippen molar-refractivity contribution in [3.05, 3.63) is 0 Å². The molecule has 0 aliphatic carbocycles. The molecule has 4 nitrogen and oxygen atoms in total. The van der Waals surface area contributed by atoms with Gasteiger partial charge in [-0.2, -0.15) is 0 Å². The van der Waals surface area contributed by atoms with Crippen molar-refractivity contribution in [2.75, 3.05) is 0 Å². The van der Waals surface area contributed by atoms with Crippen LogP contribution in [0.2, 0.25) is 0 Å². The van der Waals surface area contributed by atoms with Gasteiger partial charge in [0.1, 0.15) is 0 Å². The number of rotatable bonds is 4. The molecule has 0 aliphatic heterocycles. The van der Waals surface area contributed by atoms with E-state index in [1.807, 2.05) is 0 Å². The van der Waals surface area contributed by atoms with Crippen LogP contribution in [0.4, 0.5) is 0 Å². The zero-order valence-corrected chi connectivity index (χ0v) is 13.1. The van der Waals surface area contributed by atoms with Crippen LogP contribution in [0.3, 0.4) is 0 Å². The Morgan fingerprint density at radius 1 is 1.00 bits per heavy atom. The van der Waals surface area contributed by atoms with Crippen LogP contribution in [-0.4, -0.2) is 22.2 Å². The average molecular weight is 212 g/mol. The van der Waals surface area contributed by atoms with E-state index in [1.165, 1.54) is 0 Å². The van der Waals surface area contributed by atoms with Crippen LogP contribution < -0.4 is 103 Å². The van der Waals surface area contributed by atoms with Gasteiger partial charge in [0.15, 0.2) is 0 Å². The second-order valence-electron chi connectivity index (χ2n) is 1.64. The van der Waals surface area contributed by atoms with Crippen LogP contribution >= 0.6 is 0 Å². The zero-order valence-electron chi connectivity index (χ0n) is 8.83. The molecule has 0 rings (SSSR count). The Kier molecular flexibility index (Phi) is 21.0. The Labute approximate surface area is 153 Å². The third-order valence-corrected chi connectivity index (χ3v) is 0.781. The molecule has 0 spiro atoms. The molecular weight excluding hydrogens is 202 g/mol. The molecule has 0 saturated heterocycles. The van der Waals surface area contributed by atoms with E-state index >= 15 is 0 Å². The minimum atomic E-state index is -0.948. The SMILES string of the molecule is O=C(O)CCCC(=O)O.[H-].[H-].[K+].[K+]. The summed E-state index contributed by atoms with van der Waals surface area (Å²) in [5, 5.41) is 16.1. The summed E-state index contributed by atoms with van der Waals surface area (Å²) in [4.78, 5) is 19.6. The topological polar surface area (TPSA) is 74.6 Å². The van der Waals surface area contributed by atoms with E-state index in [1.54, 1.807) is 0 Å². The summed E-state index contributed by atoms with van der Waals surface area (Å²) >= 11 is 0. The van der Waals surface area contributed by atoms with Gasteiger partial charge in [0.05, 0.1) is 0 Å². The van der Waals surface area contributed by atoms with Crippen LogP contribution in [0.5, 0.6) is 0 Å². The van der Waals surface area contributed by atoms with Crippen LogP contribution in [0, 0.1) is 0 Å². The monoisotopic (exact) mass is 212 g/mol. The van der Waals surface area contributed by atoms with Gasteiger partial charge in [0.2, 0.25) is 0 Å². The maximum atomic E-state index is 9.79. The fourth-order valence-electron chi connectivity index (χ4n) is 0.391. The van der Waals surface area contributed by atoms with Crippen molar-refractivity contribution in [1.82, 2.24) is 0 Å². The van der Waals surface area contributed by atoms with Crippen LogP contribution in [0.25, 0.3) is 0 Å². The van der Waals surface area contributed by atoms with E-state index in [4.69, 9.17) is 10.2 Å². The summed E-state index contributed by atoms with van der Waals surface area (Å²) in [6, 6.07) is 0. The Morgan fingerprint density at radius 3 is 1.45 bits per heavy atom. The molecule has 56 valence electrons. The molecule has 0 aliphatic rings. The van der Waals surface area contributed by atoms with Gasteiger partial charge in [-0.25, -0.2) is 0 Å². The van der Waals surface area contributed by atoms with Gasteiger partial charge in [-0.3, -0.25) is 9.59 Å². The molecule has 0 aromatic rings. The van der Waals surface area contributed by atoms with Crippen molar-refractivity contribution in [1.29, 1.82) is 0 Å². The van der Waals surface area contributed by atoms with Crippen molar-refractivity contribution in [2.24, 2.45) is 0 Å². The molecule has 2 N–H and O–H groups in total. The fourth-order valence-corrected chi connectivity index (χ4v) is 0.391. The molecule has 0 aromatic carbocycles. The Hall–Kier alpha value is 2.21. The smallest absolute Gasteiger partial charge is 1.00 e. The maximum Gasteiger partial charge on any atom is 1.00 e. The Bertz CT molecular complexity index is 120. The number of carbonyl (C=O) groups is 2. The molecule has 0 fully saturated rings. The van der Waals surface area contributed by atoms with Crippen molar-refractivity contribution in [3.63, 3.8) is 0 Å². The van der Waals surface area contributed by atoms with E-state index in [0.717, 1.165) is 0 Å². The minimum absolute atomic E-state index is 0. The first-order valence-electron chi connectivity index (χ1n) is 2.56. The summed E-state index contributed by atoms with van der Waals surface area (Å²) in [6.45, 7) is 0. The van der Waals surface area contributed by atoms with E-state index in [-0.39, 0.29) is 125 Å². The van der Waals surface area contributed by atoms with E-state index in [2.05, 4.69) is 0 Å². The molecule has 11 heavy (non-hydrogen) atoms. The van der Waals surface area contributed by atoms with E-state index in [0.29, 0.717) is 0 Å². The van der Waals surface area contributed by atoms with Gasteiger partial charge in [-0.1, -0.05) is 0 Å². The van der Waals surface area contributed by atoms with Gasteiger partial charge in [0, 0.05) is 12.8 Å². The number of carboxylic acid groups (broad SMARTS) is 2. The van der Waals surface area contributed by atoms with Crippen molar-refractivity contribution in [3.8, 4) is 0 Å². The quantitative estimate of drug-likeness (QED) is 0.456. The first kappa shape index (κ1) is 18.9. The molecule has 0 radical (unpaired) electrons. The summed E-state index contributed by atoms with van der Waals surface area (Å²) in [7, 11) is 0. The Morgan fingerprint density at radius 2 is 1.27 bits per heavy atom. The van der Waals surface area contributed by atoms with Crippen molar-refractivity contribution in [2.45, 2.75) is 19.3 Å². The maximum absolute atomic E-state index is 9.79. The van der Waals surface area contributed by atoms with Crippen LogP contribution in [0.1, 0.15) is 22.1 Å². The number of hydrogen-bond acceptors (Lipinski definition) is 2. The van der Waals surface area contributed by atoms with E-state index in [9.17, 15) is 9.59 Å². The first-order valence-corrected chi connectivity index (χ1v) is 2.56. The predicted molar refractivity (Wildman–Crippen MR) is 31.3 cm³/mol.